The van der Waals surface area contributed by atoms with Gasteiger partial charge in [0, 0.05) is 11.1 Å². The Balaban J connectivity index is 1.99. The summed E-state index contributed by atoms with van der Waals surface area (Å²) in [6.07, 6.45) is 2.26. The molecule has 124 valence electrons. The first-order chi connectivity index (χ1) is 11.4. The number of benzene rings is 2. The van der Waals surface area contributed by atoms with E-state index in [4.69, 9.17) is 4.84 Å². The Bertz CT molecular complexity index is 735. The summed E-state index contributed by atoms with van der Waals surface area (Å²) in [7, 11) is 0. The van der Waals surface area contributed by atoms with E-state index in [1.807, 2.05) is 57.2 Å². The zero-order chi connectivity index (χ0) is 17.2. The number of oxime groups is 1. The molecule has 0 N–H and O–H groups in total. The highest BCUT2D eigenvalue weighted by Crippen LogP contribution is 2.25. The second-order valence-electron chi connectivity index (χ2n) is 7.45. The second-order valence-corrected chi connectivity index (χ2v) is 7.45. The summed E-state index contributed by atoms with van der Waals surface area (Å²) in [5, 5.41) is 4.28. The van der Waals surface area contributed by atoms with E-state index in [9.17, 15) is 4.79 Å². The number of carbonyl (C=O) groups excluding carboxylic acids is 1. The van der Waals surface area contributed by atoms with Gasteiger partial charge in [-0.15, -0.1) is 0 Å². The van der Waals surface area contributed by atoms with Crippen molar-refractivity contribution < 1.29 is 9.63 Å². The molecule has 0 aromatic heterocycles. The summed E-state index contributed by atoms with van der Waals surface area (Å²) < 4.78 is 0. The van der Waals surface area contributed by atoms with Gasteiger partial charge in [-0.3, -0.25) is 0 Å². The minimum Gasteiger partial charge on any atom is -0.318 e. The Morgan fingerprint density at radius 3 is 1.96 bits per heavy atom. The van der Waals surface area contributed by atoms with Gasteiger partial charge < -0.3 is 4.84 Å². The average molecular weight is 321 g/mol. The molecule has 3 rings (SSSR count). The van der Waals surface area contributed by atoms with Crippen molar-refractivity contribution in [1.82, 2.24) is 0 Å². The molecule has 24 heavy (non-hydrogen) atoms. The lowest BCUT2D eigenvalue weighted by Crippen LogP contribution is -2.15. The first kappa shape index (κ1) is 16.4. The minimum absolute atomic E-state index is 0.115. The molecule has 0 amide bonds. The van der Waals surface area contributed by atoms with Gasteiger partial charge in [-0.25, -0.2) is 4.79 Å². The summed E-state index contributed by atoms with van der Waals surface area (Å²) in [6, 6.07) is 16.4. The fourth-order valence-corrected chi connectivity index (χ4v) is 3.01. The maximum absolute atomic E-state index is 12.1. The molecule has 0 bridgehead atoms. The molecule has 0 aliphatic heterocycles. The predicted molar refractivity (Wildman–Crippen MR) is 96.1 cm³/mol. The third kappa shape index (κ3) is 3.73. The summed E-state index contributed by atoms with van der Waals surface area (Å²) in [4.78, 5) is 17.4. The van der Waals surface area contributed by atoms with E-state index in [2.05, 4.69) is 17.3 Å². The highest BCUT2D eigenvalue weighted by molar-refractivity contribution is 6.14. The molecule has 0 saturated carbocycles. The standard InChI is InChI=1S/C21H23NO2/c1-21(2,3)14-19(23)24-22-20-17-10-6-4-8-15(17)12-13-16-9-5-7-11-18(16)20/h4-11H,12-14H2,1-3H3. The fraction of sp³-hybridized carbons (Fsp3) is 0.333. The lowest BCUT2D eigenvalue weighted by atomic mass is 9.93. The number of nitrogens with zero attached hydrogens (tertiary/aromatic N) is 1. The Labute approximate surface area is 143 Å². The van der Waals surface area contributed by atoms with Crippen molar-refractivity contribution in [3.8, 4) is 0 Å². The van der Waals surface area contributed by atoms with E-state index in [-0.39, 0.29) is 11.4 Å². The van der Waals surface area contributed by atoms with Crippen LogP contribution >= 0.6 is 0 Å². The molecule has 0 atom stereocenters. The molecule has 1 aliphatic carbocycles. The van der Waals surface area contributed by atoms with Crippen LogP contribution in [0.1, 0.15) is 49.4 Å². The molecule has 0 saturated heterocycles. The lowest BCUT2D eigenvalue weighted by Gasteiger charge is -2.15. The number of aryl methyl sites for hydroxylation is 2. The van der Waals surface area contributed by atoms with E-state index < -0.39 is 0 Å². The van der Waals surface area contributed by atoms with Crippen LogP contribution < -0.4 is 0 Å². The number of fused-ring (bicyclic) bond motifs is 2. The maximum atomic E-state index is 12.1. The van der Waals surface area contributed by atoms with Crippen molar-refractivity contribution in [2.24, 2.45) is 10.6 Å². The highest BCUT2D eigenvalue weighted by Gasteiger charge is 2.21. The van der Waals surface area contributed by atoms with Gasteiger partial charge in [0.1, 0.15) is 5.71 Å². The smallest absolute Gasteiger partial charge is 0.318 e. The zero-order valence-corrected chi connectivity index (χ0v) is 14.5. The summed E-state index contributed by atoms with van der Waals surface area (Å²) in [5.74, 6) is -0.297. The third-order valence-corrected chi connectivity index (χ3v) is 4.12. The molecule has 3 nitrogen and oxygen atoms in total. The third-order valence-electron chi connectivity index (χ3n) is 4.12. The van der Waals surface area contributed by atoms with Gasteiger partial charge in [0.2, 0.25) is 0 Å². The number of rotatable bonds is 2. The van der Waals surface area contributed by atoms with Gasteiger partial charge in [-0.1, -0.05) is 74.5 Å². The van der Waals surface area contributed by atoms with Gasteiger partial charge in [-0.05, 0) is 29.4 Å². The zero-order valence-electron chi connectivity index (χ0n) is 14.5. The lowest BCUT2D eigenvalue weighted by molar-refractivity contribution is -0.145. The van der Waals surface area contributed by atoms with Crippen LogP contribution in [0.2, 0.25) is 0 Å². The van der Waals surface area contributed by atoms with Crippen molar-refractivity contribution in [1.29, 1.82) is 0 Å². The van der Waals surface area contributed by atoms with E-state index >= 15 is 0 Å². The van der Waals surface area contributed by atoms with Gasteiger partial charge in [0.05, 0.1) is 6.42 Å². The Hall–Kier alpha value is -2.42. The average Bonchev–Trinajstić information content (AvgIpc) is 2.68. The van der Waals surface area contributed by atoms with Crippen LogP contribution in [-0.2, 0) is 22.5 Å². The molecular formula is C21H23NO2. The van der Waals surface area contributed by atoms with E-state index in [0.717, 1.165) is 29.7 Å². The van der Waals surface area contributed by atoms with Crippen molar-refractivity contribution in [2.45, 2.75) is 40.0 Å². The van der Waals surface area contributed by atoms with Crippen LogP contribution in [0.4, 0.5) is 0 Å². The maximum Gasteiger partial charge on any atom is 0.335 e. The topological polar surface area (TPSA) is 38.7 Å². The molecule has 0 radical (unpaired) electrons. The van der Waals surface area contributed by atoms with Gasteiger partial charge in [0.15, 0.2) is 0 Å². The molecule has 3 heteroatoms. The number of carbonyl (C=O) groups is 1. The van der Waals surface area contributed by atoms with Crippen LogP contribution in [0.3, 0.4) is 0 Å². The van der Waals surface area contributed by atoms with Crippen LogP contribution in [0.25, 0.3) is 0 Å². The quantitative estimate of drug-likeness (QED) is 0.602. The largest absolute Gasteiger partial charge is 0.335 e. The van der Waals surface area contributed by atoms with E-state index in [1.165, 1.54) is 11.1 Å². The minimum atomic E-state index is -0.297. The van der Waals surface area contributed by atoms with Crippen molar-refractivity contribution in [2.75, 3.05) is 0 Å². The predicted octanol–water partition coefficient (Wildman–Crippen LogP) is 4.52. The van der Waals surface area contributed by atoms with Crippen LogP contribution in [-0.4, -0.2) is 11.7 Å². The van der Waals surface area contributed by atoms with Crippen LogP contribution in [0.15, 0.2) is 53.7 Å². The normalized spacial score (nSPS) is 13.5. The summed E-state index contributed by atoms with van der Waals surface area (Å²) in [6.45, 7) is 6.03. The van der Waals surface area contributed by atoms with E-state index in [0.29, 0.717) is 6.42 Å². The SMILES string of the molecule is CC(C)(C)CC(=O)ON=C1c2ccccc2CCc2ccccc21. The second kappa shape index (κ2) is 6.60. The van der Waals surface area contributed by atoms with Gasteiger partial charge in [0.25, 0.3) is 0 Å². The Morgan fingerprint density at radius 1 is 0.958 bits per heavy atom. The Morgan fingerprint density at radius 2 is 1.46 bits per heavy atom. The van der Waals surface area contributed by atoms with Gasteiger partial charge in [-0.2, -0.15) is 0 Å². The van der Waals surface area contributed by atoms with Crippen LogP contribution in [0.5, 0.6) is 0 Å². The molecule has 2 aromatic rings. The summed E-state index contributed by atoms with van der Waals surface area (Å²) >= 11 is 0. The Kier molecular flexibility index (Phi) is 4.52. The highest BCUT2D eigenvalue weighted by atomic mass is 16.7. The first-order valence-electron chi connectivity index (χ1n) is 8.38. The first-order valence-corrected chi connectivity index (χ1v) is 8.38. The monoisotopic (exact) mass is 321 g/mol. The summed E-state index contributed by atoms with van der Waals surface area (Å²) in [5.41, 5.74) is 5.20. The molecule has 0 fully saturated rings. The molecular weight excluding hydrogens is 298 g/mol. The number of hydrogen-bond donors (Lipinski definition) is 0. The fourth-order valence-electron chi connectivity index (χ4n) is 3.01. The number of hydrogen-bond acceptors (Lipinski definition) is 3. The molecule has 0 unspecified atom stereocenters. The molecule has 0 spiro atoms. The van der Waals surface area contributed by atoms with Crippen molar-refractivity contribution >= 4 is 11.7 Å². The van der Waals surface area contributed by atoms with Crippen molar-refractivity contribution in [3.05, 3.63) is 70.8 Å². The molecule has 2 aromatic carbocycles. The van der Waals surface area contributed by atoms with Crippen LogP contribution in [0, 0.1) is 5.41 Å². The molecule has 1 aliphatic rings. The van der Waals surface area contributed by atoms with Crippen molar-refractivity contribution in [3.63, 3.8) is 0 Å². The van der Waals surface area contributed by atoms with E-state index in [1.54, 1.807) is 0 Å². The van der Waals surface area contributed by atoms with Gasteiger partial charge >= 0.3 is 5.97 Å². The molecule has 0 heterocycles.